The molecular formula is C13H15N3O3. The molecule has 0 saturated carbocycles. The van der Waals surface area contributed by atoms with Crippen LogP contribution in [0, 0.1) is 12.3 Å². The molecule has 19 heavy (non-hydrogen) atoms. The summed E-state index contributed by atoms with van der Waals surface area (Å²) in [5.41, 5.74) is 7.62. The van der Waals surface area contributed by atoms with E-state index in [-0.39, 0.29) is 13.2 Å². The maximum atomic E-state index is 11.4. The molecule has 1 unspecified atom stereocenters. The van der Waals surface area contributed by atoms with E-state index in [0.717, 1.165) is 22.4 Å². The zero-order valence-electron chi connectivity index (χ0n) is 10.5. The van der Waals surface area contributed by atoms with Crippen LogP contribution < -0.4 is 5.73 Å². The molecule has 1 fully saturated rings. The number of aliphatic carboxylic acids is 1. The minimum Gasteiger partial charge on any atom is -0.481 e. The van der Waals surface area contributed by atoms with Gasteiger partial charge in [-0.15, -0.1) is 0 Å². The molecule has 0 amide bonds. The van der Waals surface area contributed by atoms with Gasteiger partial charge in [0.2, 0.25) is 0 Å². The lowest BCUT2D eigenvalue weighted by molar-refractivity contribution is -0.184. The Hall–Kier alpha value is -1.92. The van der Waals surface area contributed by atoms with Gasteiger partial charge in [-0.05, 0) is 24.6 Å². The largest absolute Gasteiger partial charge is 0.481 e. The van der Waals surface area contributed by atoms with Crippen LogP contribution in [0.4, 0.5) is 0 Å². The Morgan fingerprint density at radius 2 is 2.32 bits per heavy atom. The number of rotatable bonds is 3. The minimum atomic E-state index is -1.01. The summed E-state index contributed by atoms with van der Waals surface area (Å²) < 4.78 is 5.05. The van der Waals surface area contributed by atoms with Crippen molar-refractivity contribution in [3.8, 4) is 0 Å². The van der Waals surface area contributed by atoms with Crippen LogP contribution in [0.25, 0.3) is 11.0 Å². The molecule has 3 rings (SSSR count). The van der Waals surface area contributed by atoms with Crippen LogP contribution in [0.5, 0.6) is 0 Å². The zero-order chi connectivity index (χ0) is 13.6. The molecule has 1 aliphatic heterocycles. The van der Waals surface area contributed by atoms with Gasteiger partial charge >= 0.3 is 5.97 Å². The molecule has 0 bridgehead atoms. The minimum absolute atomic E-state index is 0.156. The highest BCUT2D eigenvalue weighted by Crippen LogP contribution is 2.39. The van der Waals surface area contributed by atoms with Gasteiger partial charge in [-0.3, -0.25) is 4.79 Å². The number of carboxylic acid groups (broad SMARTS) is 1. The molecule has 6 nitrogen and oxygen atoms in total. The summed E-state index contributed by atoms with van der Waals surface area (Å²) in [5.74, 6) is -0.0900. The van der Waals surface area contributed by atoms with Crippen molar-refractivity contribution >= 4 is 17.0 Å². The van der Waals surface area contributed by atoms with E-state index in [1.807, 2.05) is 25.1 Å². The number of benzene rings is 1. The number of aromatic nitrogens is 2. The van der Waals surface area contributed by atoms with E-state index in [1.54, 1.807) is 0 Å². The number of hydrogen-bond acceptors (Lipinski definition) is 4. The van der Waals surface area contributed by atoms with Gasteiger partial charge in [0.25, 0.3) is 0 Å². The highest BCUT2D eigenvalue weighted by molar-refractivity contribution is 5.79. The summed E-state index contributed by atoms with van der Waals surface area (Å²) in [5, 5.41) is 9.35. The zero-order valence-corrected chi connectivity index (χ0v) is 10.5. The average molecular weight is 261 g/mol. The van der Waals surface area contributed by atoms with Gasteiger partial charge < -0.3 is 20.6 Å². The van der Waals surface area contributed by atoms with Crippen LogP contribution >= 0.6 is 0 Å². The van der Waals surface area contributed by atoms with Crippen LogP contribution in [0.3, 0.4) is 0 Å². The summed E-state index contributed by atoms with van der Waals surface area (Å²) in [6, 6.07) is 4.95. The lowest BCUT2D eigenvalue weighted by Gasteiger charge is -2.41. The number of ether oxygens (including phenoxy) is 1. The van der Waals surface area contributed by atoms with Crippen LogP contribution in [0.15, 0.2) is 18.2 Å². The second-order valence-electron chi connectivity index (χ2n) is 5.03. The Kier molecular flexibility index (Phi) is 2.58. The Labute approximate surface area is 109 Å². The second-order valence-corrected chi connectivity index (χ2v) is 5.03. The number of carbonyl (C=O) groups is 1. The van der Waals surface area contributed by atoms with E-state index in [4.69, 9.17) is 10.5 Å². The molecule has 0 spiro atoms. The molecule has 4 N–H and O–H groups in total. The monoisotopic (exact) mass is 261 g/mol. The van der Waals surface area contributed by atoms with E-state index < -0.39 is 17.4 Å². The van der Waals surface area contributed by atoms with Gasteiger partial charge in [0.15, 0.2) is 0 Å². The molecule has 2 aromatic rings. The van der Waals surface area contributed by atoms with Crippen molar-refractivity contribution in [3.05, 3.63) is 29.6 Å². The predicted octanol–water partition coefficient (Wildman–Crippen LogP) is 0.972. The number of carboxylic acids is 1. The first-order valence-electron chi connectivity index (χ1n) is 6.06. The lowest BCUT2D eigenvalue weighted by atomic mass is 9.75. The van der Waals surface area contributed by atoms with Crippen molar-refractivity contribution in [2.45, 2.75) is 13.0 Å². The predicted molar refractivity (Wildman–Crippen MR) is 68.6 cm³/mol. The van der Waals surface area contributed by atoms with Crippen LogP contribution in [0.2, 0.25) is 0 Å². The van der Waals surface area contributed by atoms with Gasteiger partial charge in [-0.25, -0.2) is 4.98 Å². The first-order valence-corrected chi connectivity index (χ1v) is 6.06. The topological polar surface area (TPSA) is 101 Å². The van der Waals surface area contributed by atoms with E-state index in [0.29, 0.717) is 0 Å². The number of aromatic amines is 1. The fourth-order valence-electron chi connectivity index (χ4n) is 2.43. The van der Waals surface area contributed by atoms with Gasteiger partial charge in [0.05, 0.1) is 30.3 Å². The molecule has 1 aromatic carbocycles. The maximum Gasteiger partial charge on any atom is 0.316 e. The second kappa shape index (κ2) is 4.04. The van der Waals surface area contributed by atoms with Crippen molar-refractivity contribution < 1.29 is 14.6 Å². The standard InChI is InChI=1S/C13H15N3O3/c1-7-15-9-3-2-8(4-10(9)16-7)11(14)13(12(17)18)5-19-6-13/h2-4,11H,5-6,14H2,1H3,(H,15,16)(H,17,18). The lowest BCUT2D eigenvalue weighted by Crippen LogP contribution is -2.55. The number of fused-ring (bicyclic) bond motifs is 1. The molecule has 100 valence electrons. The number of nitrogens with two attached hydrogens (primary N) is 1. The maximum absolute atomic E-state index is 11.4. The van der Waals surface area contributed by atoms with Crippen molar-refractivity contribution in [1.82, 2.24) is 9.97 Å². The smallest absolute Gasteiger partial charge is 0.316 e. The molecule has 6 heteroatoms. The SMILES string of the molecule is Cc1nc2ccc(C(N)C3(C(=O)O)COC3)cc2[nH]1. The van der Waals surface area contributed by atoms with Gasteiger partial charge in [-0.1, -0.05) is 6.07 Å². The number of H-pyrrole nitrogens is 1. The third kappa shape index (κ3) is 1.72. The molecule has 1 aromatic heterocycles. The molecule has 0 aliphatic carbocycles. The summed E-state index contributed by atoms with van der Waals surface area (Å²) in [7, 11) is 0. The summed E-state index contributed by atoms with van der Waals surface area (Å²) in [4.78, 5) is 18.8. The highest BCUT2D eigenvalue weighted by atomic mass is 16.5. The van der Waals surface area contributed by atoms with E-state index in [9.17, 15) is 9.90 Å². The Morgan fingerprint density at radius 3 is 2.89 bits per heavy atom. The van der Waals surface area contributed by atoms with Gasteiger partial charge in [0, 0.05) is 0 Å². The third-order valence-corrected chi connectivity index (χ3v) is 3.72. The van der Waals surface area contributed by atoms with E-state index >= 15 is 0 Å². The number of nitrogens with zero attached hydrogens (tertiary/aromatic N) is 1. The molecule has 0 radical (unpaired) electrons. The quantitative estimate of drug-likeness (QED) is 0.764. The summed E-state index contributed by atoms with van der Waals surface area (Å²) >= 11 is 0. The van der Waals surface area contributed by atoms with Gasteiger partial charge in [-0.2, -0.15) is 0 Å². The van der Waals surface area contributed by atoms with Crippen LogP contribution in [-0.4, -0.2) is 34.3 Å². The Bertz CT molecular complexity index is 646. The van der Waals surface area contributed by atoms with E-state index in [2.05, 4.69) is 9.97 Å². The van der Waals surface area contributed by atoms with Crippen molar-refractivity contribution in [1.29, 1.82) is 0 Å². The van der Waals surface area contributed by atoms with Crippen LogP contribution in [0.1, 0.15) is 17.4 Å². The highest BCUT2D eigenvalue weighted by Gasteiger charge is 2.51. The van der Waals surface area contributed by atoms with Crippen molar-refractivity contribution in [2.75, 3.05) is 13.2 Å². The molecule has 1 atom stereocenters. The fourth-order valence-corrected chi connectivity index (χ4v) is 2.43. The molecule has 2 heterocycles. The number of nitrogens with one attached hydrogen (secondary N) is 1. The van der Waals surface area contributed by atoms with Crippen LogP contribution in [-0.2, 0) is 9.53 Å². The molecular weight excluding hydrogens is 246 g/mol. The van der Waals surface area contributed by atoms with Crippen molar-refractivity contribution in [3.63, 3.8) is 0 Å². The number of aryl methyl sites for hydroxylation is 1. The number of hydrogen-bond donors (Lipinski definition) is 3. The normalized spacial score (nSPS) is 19.1. The summed E-state index contributed by atoms with van der Waals surface area (Å²) in [6.45, 7) is 2.19. The summed E-state index contributed by atoms with van der Waals surface area (Å²) in [6.07, 6.45) is 0. The van der Waals surface area contributed by atoms with Crippen molar-refractivity contribution in [2.24, 2.45) is 11.1 Å². The average Bonchev–Trinajstić information content (AvgIpc) is 2.65. The molecule has 1 aliphatic rings. The van der Waals surface area contributed by atoms with Gasteiger partial charge in [0.1, 0.15) is 11.2 Å². The first-order chi connectivity index (χ1) is 9.03. The Balaban J connectivity index is 2.01. The third-order valence-electron chi connectivity index (χ3n) is 3.72. The fraction of sp³-hybridized carbons (Fsp3) is 0.385. The first kappa shape index (κ1) is 12.1. The number of imidazole rings is 1. The Morgan fingerprint density at radius 1 is 1.58 bits per heavy atom. The molecule has 1 saturated heterocycles. The van der Waals surface area contributed by atoms with E-state index in [1.165, 1.54) is 0 Å².